The SMILES string of the molecule is COc1cccc(N2CCC(CC(N)=O)CC2)c1N. The molecule has 1 heterocycles. The fourth-order valence-electron chi connectivity index (χ4n) is 2.65. The van der Waals surface area contributed by atoms with Crippen molar-refractivity contribution in [3.8, 4) is 5.75 Å². The number of nitrogens with two attached hydrogens (primary N) is 2. The molecule has 1 aliphatic heterocycles. The lowest BCUT2D eigenvalue weighted by Gasteiger charge is -2.34. The Bertz CT molecular complexity index is 454. The topological polar surface area (TPSA) is 81.6 Å². The molecule has 0 aliphatic carbocycles. The largest absolute Gasteiger partial charge is 0.495 e. The van der Waals surface area contributed by atoms with Gasteiger partial charge in [-0.1, -0.05) is 6.07 Å². The van der Waals surface area contributed by atoms with Gasteiger partial charge in [-0.25, -0.2) is 0 Å². The van der Waals surface area contributed by atoms with Gasteiger partial charge < -0.3 is 21.1 Å². The number of amides is 1. The van der Waals surface area contributed by atoms with Crippen LogP contribution in [0.25, 0.3) is 0 Å². The number of anilines is 2. The molecule has 4 N–H and O–H groups in total. The highest BCUT2D eigenvalue weighted by Gasteiger charge is 2.22. The van der Waals surface area contributed by atoms with Crippen LogP contribution in [0.2, 0.25) is 0 Å². The minimum atomic E-state index is -0.209. The number of para-hydroxylation sites is 1. The van der Waals surface area contributed by atoms with E-state index in [1.165, 1.54) is 0 Å². The molecule has 0 saturated carbocycles. The molecule has 1 saturated heterocycles. The Balaban J connectivity index is 2.03. The molecule has 1 aliphatic rings. The average Bonchev–Trinajstić information content (AvgIpc) is 2.39. The van der Waals surface area contributed by atoms with Gasteiger partial charge in [-0.3, -0.25) is 4.79 Å². The molecule has 5 heteroatoms. The maximum absolute atomic E-state index is 10.9. The van der Waals surface area contributed by atoms with Crippen molar-refractivity contribution >= 4 is 17.3 Å². The number of hydrogen-bond acceptors (Lipinski definition) is 4. The molecule has 1 fully saturated rings. The standard InChI is InChI=1S/C14H21N3O2/c1-19-12-4-2-3-11(14(12)16)17-7-5-10(6-8-17)9-13(15)18/h2-4,10H,5-9,16H2,1H3,(H2,15,18). The van der Waals surface area contributed by atoms with Crippen LogP contribution in [0.5, 0.6) is 5.75 Å². The average molecular weight is 263 g/mol. The fraction of sp³-hybridized carbons (Fsp3) is 0.500. The van der Waals surface area contributed by atoms with Crippen LogP contribution in [0.15, 0.2) is 18.2 Å². The van der Waals surface area contributed by atoms with Crippen molar-refractivity contribution in [2.75, 3.05) is 30.8 Å². The quantitative estimate of drug-likeness (QED) is 0.804. The molecule has 19 heavy (non-hydrogen) atoms. The van der Waals surface area contributed by atoms with Crippen LogP contribution < -0.4 is 21.1 Å². The summed E-state index contributed by atoms with van der Waals surface area (Å²) in [4.78, 5) is 13.2. The molecule has 2 rings (SSSR count). The molecule has 104 valence electrons. The van der Waals surface area contributed by atoms with Gasteiger partial charge in [-0.2, -0.15) is 0 Å². The summed E-state index contributed by atoms with van der Waals surface area (Å²) in [5, 5.41) is 0. The first-order chi connectivity index (χ1) is 9.11. The minimum Gasteiger partial charge on any atom is -0.495 e. The Hall–Kier alpha value is -1.91. The Labute approximate surface area is 113 Å². The van der Waals surface area contributed by atoms with Crippen molar-refractivity contribution in [2.24, 2.45) is 11.7 Å². The predicted octanol–water partition coefficient (Wildman–Crippen LogP) is 1.37. The monoisotopic (exact) mass is 263 g/mol. The van der Waals surface area contributed by atoms with Gasteiger partial charge >= 0.3 is 0 Å². The van der Waals surface area contributed by atoms with E-state index in [0.717, 1.165) is 31.6 Å². The van der Waals surface area contributed by atoms with Crippen molar-refractivity contribution in [1.82, 2.24) is 0 Å². The van der Waals surface area contributed by atoms with E-state index >= 15 is 0 Å². The summed E-state index contributed by atoms with van der Waals surface area (Å²) in [7, 11) is 1.62. The lowest BCUT2D eigenvalue weighted by atomic mass is 9.93. The molecular weight excluding hydrogens is 242 g/mol. The van der Waals surface area contributed by atoms with E-state index in [4.69, 9.17) is 16.2 Å². The van der Waals surface area contributed by atoms with Crippen molar-refractivity contribution < 1.29 is 9.53 Å². The van der Waals surface area contributed by atoms with Crippen molar-refractivity contribution in [3.63, 3.8) is 0 Å². The maximum Gasteiger partial charge on any atom is 0.217 e. The fourth-order valence-corrected chi connectivity index (χ4v) is 2.65. The zero-order chi connectivity index (χ0) is 13.8. The molecule has 0 radical (unpaired) electrons. The second kappa shape index (κ2) is 5.82. The van der Waals surface area contributed by atoms with Crippen LogP contribution in [0.4, 0.5) is 11.4 Å². The summed E-state index contributed by atoms with van der Waals surface area (Å²) in [6, 6.07) is 5.81. The van der Waals surface area contributed by atoms with E-state index in [1.54, 1.807) is 7.11 Å². The summed E-state index contributed by atoms with van der Waals surface area (Å²) in [5.41, 5.74) is 13.0. The first-order valence-electron chi connectivity index (χ1n) is 6.57. The highest BCUT2D eigenvalue weighted by Crippen LogP contribution is 2.34. The van der Waals surface area contributed by atoms with E-state index < -0.39 is 0 Å². The molecule has 5 nitrogen and oxygen atoms in total. The van der Waals surface area contributed by atoms with E-state index in [0.29, 0.717) is 23.8 Å². The van der Waals surface area contributed by atoms with Gasteiger partial charge in [0.1, 0.15) is 5.75 Å². The molecule has 0 bridgehead atoms. The lowest BCUT2D eigenvalue weighted by Crippen LogP contribution is -2.35. The number of ether oxygens (including phenoxy) is 1. The summed E-state index contributed by atoms with van der Waals surface area (Å²) >= 11 is 0. The number of methoxy groups -OCH3 is 1. The number of carbonyl (C=O) groups excluding carboxylic acids is 1. The van der Waals surface area contributed by atoms with E-state index in [2.05, 4.69) is 4.90 Å². The predicted molar refractivity (Wildman–Crippen MR) is 76.2 cm³/mol. The van der Waals surface area contributed by atoms with Gasteiger partial charge in [0.25, 0.3) is 0 Å². The molecule has 0 atom stereocenters. The summed E-state index contributed by atoms with van der Waals surface area (Å²) < 4.78 is 5.24. The second-order valence-corrected chi connectivity index (χ2v) is 4.99. The Morgan fingerprint density at radius 1 is 1.42 bits per heavy atom. The first-order valence-corrected chi connectivity index (χ1v) is 6.57. The van der Waals surface area contributed by atoms with E-state index in [-0.39, 0.29) is 5.91 Å². The zero-order valence-corrected chi connectivity index (χ0v) is 11.3. The zero-order valence-electron chi connectivity index (χ0n) is 11.3. The summed E-state index contributed by atoms with van der Waals surface area (Å²) in [5.74, 6) is 0.900. The highest BCUT2D eigenvalue weighted by molar-refractivity contribution is 5.75. The smallest absolute Gasteiger partial charge is 0.217 e. The van der Waals surface area contributed by atoms with Crippen LogP contribution in [0.1, 0.15) is 19.3 Å². The number of benzene rings is 1. The molecule has 1 amide bonds. The number of hydrogen-bond donors (Lipinski definition) is 2. The molecule has 1 aromatic rings. The van der Waals surface area contributed by atoms with Crippen LogP contribution >= 0.6 is 0 Å². The third-order valence-electron chi connectivity index (χ3n) is 3.71. The van der Waals surface area contributed by atoms with Gasteiger partial charge in [-0.05, 0) is 30.9 Å². The van der Waals surface area contributed by atoms with Crippen molar-refractivity contribution in [1.29, 1.82) is 0 Å². The normalized spacial score (nSPS) is 16.4. The summed E-state index contributed by atoms with van der Waals surface area (Å²) in [6.07, 6.45) is 2.43. The lowest BCUT2D eigenvalue weighted by molar-refractivity contribution is -0.119. The van der Waals surface area contributed by atoms with Gasteiger partial charge in [0.05, 0.1) is 18.5 Å². The van der Waals surface area contributed by atoms with E-state index in [1.807, 2.05) is 18.2 Å². The number of primary amides is 1. The summed E-state index contributed by atoms with van der Waals surface area (Å²) in [6.45, 7) is 1.80. The molecule has 0 spiro atoms. The van der Waals surface area contributed by atoms with Gasteiger partial charge in [-0.15, -0.1) is 0 Å². The van der Waals surface area contributed by atoms with Crippen LogP contribution in [-0.2, 0) is 4.79 Å². The molecule has 0 unspecified atom stereocenters. The van der Waals surface area contributed by atoms with Crippen molar-refractivity contribution in [2.45, 2.75) is 19.3 Å². The Morgan fingerprint density at radius 2 is 2.11 bits per heavy atom. The molecule has 0 aromatic heterocycles. The third-order valence-corrected chi connectivity index (χ3v) is 3.71. The van der Waals surface area contributed by atoms with E-state index in [9.17, 15) is 4.79 Å². The van der Waals surface area contributed by atoms with Crippen LogP contribution in [0, 0.1) is 5.92 Å². The second-order valence-electron chi connectivity index (χ2n) is 4.99. The van der Waals surface area contributed by atoms with Gasteiger partial charge in [0, 0.05) is 19.5 Å². The van der Waals surface area contributed by atoms with Crippen LogP contribution in [0.3, 0.4) is 0 Å². The first kappa shape index (κ1) is 13.5. The number of nitrogens with zero attached hydrogens (tertiary/aromatic N) is 1. The van der Waals surface area contributed by atoms with Gasteiger partial charge in [0.2, 0.25) is 5.91 Å². The molecule has 1 aromatic carbocycles. The number of rotatable bonds is 4. The number of carbonyl (C=O) groups is 1. The molecular formula is C14H21N3O2. The van der Waals surface area contributed by atoms with Gasteiger partial charge in [0.15, 0.2) is 0 Å². The number of piperidine rings is 1. The number of nitrogen functional groups attached to an aromatic ring is 1. The Kier molecular flexibility index (Phi) is 4.14. The minimum absolute atomic E-state index is 0.209. The Morgan fingerprint density at radius 3 is 2.68 bits per heavy atom. The van der Waals surface area contributed by atoms with Crippen LogP contribution in [-0.4, -0.2) is 26.1 Å². The third kappa shape index (κ3) is 3.10. The van der Waals surface area contributed by atoms with Crippen molar-refractivity contribution in [3.05, 3.63) is 18.2 Å². The maximum atomic E-state index is 10.9. The highest BCUT2D eigenvalue weighted by atomic mass is 16.5.